The number of benzene rings is 2. The number of carbonyl (C=O) groups is 1. The quantitative estimate of drug-likeness (QED) is 0.902. The summed E-state index contributed by atoms with van der Waals surface area (Å²) in [7, 11) is 1.63. The lowest BCUT2D eigenvalue weighted by Gasteiger charge is -2.17. The Balaban J connectivity index is 2.41. The summed E-state index contributed by atoms with van der Waals surface area (Å²) >= 11 is 0. The standard InChI is InChI=1S/C17H18O3/c1-12-10-14(8-9-16(12)20-2)15(11-17(18)19)13-6-4-3-5-7-13/h3-10,15H,11H2,1-2H3,(H,18,19)/t15-/m1/s1. The van der Waals surface area contributed by atoms with Crippen molar-refractivity contribution in [3.05, 3.63) is 65.2 Å². The highest BCUT2D eigenvalue weighted by Gasteiger charge is 2.18. The summed E-state index contributed by atoms with van der Waals surface area (Å²) in [6.45, 7) is 1.96. The van der Waals surface area contributed by atoms with Crippen molar-refractivity contribution >= 4 is 5.97 Å². The van der Waals surface area contributed by atoms with E-state index in [1.54, 1.807) is 7.11 Å². The Morgan fingerprint density at radius 2 is 1.85 bits per heavy atom. The third-order valence-corrected chi connectivity index (χ3v) is 3.40. The van der Waals surface area contributed by atoms with Gasteiger partial charge in [0.2, 0.25) is 0 Å². The minimum Gasteiger partial charge on any atom is -0.496 e. The molecular formula is C17H18O3. The SMILES string of the molecule is COc1ccc([C@H](CC(=O)O)c2ccccc2)cc1C. The molecule has 0 aromatic heterocycles. The van der Waals surface area contributed by atoms with Crippen LogP contribution in [0.3, 0.4) is 0 Å². The lowest BCUT2D eigenvalue weighted by Crippen LogP contribution is -2.08. The molecular weight excluding hydrogens is 252 g/mol. The highest BCUT2D eigenvalue weighted by Crippen LogP contribution is 2.31. The highest BCUT2D eigenvalue weighted by atomic mass is 16.5. The molecule has 3 heteroatoms. The Morgan fingerprint density at radius 3 is 2.40 bits per heavy atom. The Morgan fingerprint density at radius 1 is 1.15 bits per heavy atom. The average molecular weight is 270 g/mol. The van der Waals surface area contributed by atoms with Gasteiger partial charge in [0.05, 0.1) is 13.5 Å². The Bertz CT molecular complexity index is 590. The molecule has 0 saturated heterocycles. The van der Waals surface area contributed by atoms with Gasteiger partial charge < -0.3 is 9.84 Å². The van der Waals surface area contributed by atoms with Crippen molar-refractivity contribution in [2.75, 3.05) is 7.11 Å². The van der Waals surface area contributed by atoms with E-state index in [0.717, 1.165) is 22.4 Å². The van der Waals surface area contributed by atoms with Crippen LogP contribution in [0.1, 0.15) is 29.0 Å². The van der Waals surface area contributed by atoms with Gasteiger partial charge in [0.25, 0.3) is 0 Å². The molecule has 0 spiro atoms. The fourth-order valence-electron chi connectivity index (χ4n) is 2.41. The van der Waals surface area contributed by atoms with Crippen molar-refractivity contribution in [2.24, 2.45) is 0 Å². The van der Waals surface area contributed by atoms with E-state index in [9.17, 15) is 4.79 Å². The molecule has 0 bridgehead atoms. The van der Waals surface area contributed by atoms with Crippen molar-refractivity contribution in [3.63, 3.8) is 0 Å². The highest BCUT2D eigenvalue weighted by molar-refractivity contribution is 5.69. The van der Waals surface area contributed by atoms with Crippen molar-refractivity contribution in [2.45, 2.75) is 19.3 Å². The first-order valence-corrected chi connectivity index (χ1v) is 6.53. The van der Waals surface area contributed by atoms with Crippen LogP contribution in [0.25, 0.3) is 0 Å². The summed E-state index contributed by atoms with van der Waals surface area (Å²) in [5.74, 6) is -0.124. The summed E-state index contributed by atoms with van der Waals surface area (Å²) < 4.78 is 5.25. The maximum absolute atomic E-state index is 11.1. The molecule has 0 fully saturated rings. The van der Waals surface area contributed by atoms with E-state index >= 15 is 0 Å². The summed E-state index contributed by atoms with van der Waals surface area (Å²) in [6, 6.07) is 15.6. The first kappa shape index (κ1) is 14.1. The van der Waals surface area contributed by atoms with Crippen LogP contribution >= 0.6 is 0 Å². The normalized spacial score (nSPS) is 11.9. The molecule has 20 heavy (non-hydrogen) atoms. The van der Waals surface area contributed by atoms with Crippen molar-refractivity contribution in [1.82, 2.24) is 0 Å². The fraction of sp³-hybridized carbons (Fsp3) is 0.235. The van der Waals surface area contributed by atoms with Gasteiger partial charge in [0.1, 0.15) is 5.75 Å². The molecule has 0 radical (unpaired) electrons. The van der Waals surface area contributed by atoms with Gasteiger partial charge in [0.15, 0.2) is 0 Å². The second-order valence-corrected chi connectivity index (χ2v) is 4.79. The minimum absolute atomic E-state index is 0.0791. The summed E-state index contributed by atoms with van der Waals surface area (Å²) in [6.07, 6.45) is 0.0791. The lowest BCUT2D eigenvalue weighted by atomic mass is 9.88. The smallest absolute Gasteiger partial charge is 0.304 e. The molecule has 3 nitrogen and oxygen atoms in total. The summed E-state index contributed by atoms with van der Waals surface area (Å²) in [4.78, 5) is 11.1. The molecule has 0 heterocycles. The Labute approximate surface area is 118 Å². The van der Waals surface area contributed by atoms with Crippen molar-refractivity contribution < 1.29 is 14.6 Å². The molecule has 2 aromatic rings. The monoisotopic (exact) mass is 270 g/mol. The zero-order valence-corrected chi connectivity index (χ0v) is 11.7. The molecule has 2 rings (SSSR count). The number of aryl methyl sites for hydroxylation is 1. The van der Waals surface area contributed by atoms with Gasteiger partial charge in [-0.15, -0.1) is 0 Å². The molecule has 0 amide bonds. The predicted molar refractivity (Wildman–Crippen MR) is 78.3 cm³/mol. The molecule has 1 N–H and O–H groups in total. The number of carboxylic acids is 1. The molecule has 0 aliphatic carbocycles. The van der Waals surface area contributed by atoms with Crippen molar-refractivity contribution in [3.8, 4) is 5.75 Å². The van der Waals surface area contributed by atoms with Crippen LogP contribution in [-0.2, 0) is 4.79 Å². The van der Waals surface area contributed by atoms with Crippen LogP contribution in [0, 0.1) is 6.92 Å². The second-order valence-electron chi connectivity index (χ2n) is 4.79. The summed E-state index contributed by atoms with van der Waals surface area (Å²) in [5.41, 5.74) is 3.02. The maximum atomic E-state index is 11.1. The van der Waals surface area contributed by atoms with E-state index in [1.807, 2.05) is 55.5 Å². The molecule has 1 atom stereocenters. The van der Waals surface area contributed by atoms with E-state index in [2.05, 4.69) is 0 Å². The second kappa shape index (κ2) is 6.24. The first-order valence-electron chi connectivity index (χ1n) is 6.53. The number of carboxylic acid groups (broad SMARTS) is 1. The number of methoxy groups -OCH3 is 1. The van der Waals surface area contributed by atoms with Crippen LogP contribution in [-0.4, -0.2) is 18.2 Å². The van der Waals surface area contributed by atoms with Crippen LogP contribution in [0.5, 0.6) is 5.75 Å². The zero-order valence-electron chi connectivity index (χ0n) is 11.7. The first-order chi connectivity index (χ1) is 9.61. The van der Waals surface area contributed by atoms with Gasteiger partial charge in [0, 0.05) is 5.92 Å². The molecule has 104 valence electrons. The Hall–Kier alpha value is -2.29. The van der Waals surface area contributed by atoms with Crippen LogP contribution in [0.2, 0.25) is 0 Å². The molecule has 2 aromatic carbocycles. The fourth-order valence-corrected chi connectivity index (χ4v) is 2.41. The van der Waals surface area contributed by atoms with Gasteiger partial charge in [-0.05, 0) is 29.7 Å². The predicted octanol–water partition coefficient (Wildman–Crippen LogP) is 3.61. The number of aliphatic carboxylic acids is 1. The third-order valence-electron chi connectivity index (χ3n) is 3.40. The third kappa shape index (κ3) is 3.18. The van der Waals surface area contributed by atoms with Gasteiger partial charge in [-0.3, -0.25) is 4.79 Å². The Kier molecular flexibility index (Phi) is 4.41. The van der Waals surface area contributed by atoms with E-state index < -0.39 is 5.97 Å². The number of hydrogen-bond acceptors (Lipinski definition) is 2. The van der Waals surface area contributed by atoms with E-state index in [0.29, 0.717) is 0 Å². The van der Waals surface area contributed by atoms with Crippen molar-refractivity contribution in [1.29, 1.82) is 0 Å². The van der Waals surface area contributed by atoms with E-state index in [-0.39, 0.29) is 12.3 Å². The molecule has 0 unspecified atom stereocenters. The topological polar surface area (TPSA) is 46.5 Å². The van der Waals surface area contributed by atoms with Gasteiger partial charge in [-0.25, -0.2) is 0 Å². The average Bonchev–Trinajstić information content (AvgIpc) is 2.45. The molecule has 0 aliphatic rings. The molecule has 0 saturated carbocycles. The summed E-state index contributed by atoms with van der Waals surface area (Å²) in [5, 5.41) is 9.15. The lowest BCUT2D eigenvalue weighted by molar-refractivity contribution is -0.137. The number of rotatable bonds is 5. The van der Waals surface area contributed by atoms with E-state index in [4.69, 9.17) is 9.84 Å². The van der Waals surface area contributed by atoms with Crippen LogP contribution in [0.15, 0.2) is 48.5 Å². The number of hydrogen-bond donors (Lipinski definition) is 1. The van der Waals surface area contributed by atoms with Gasteiger partial charge in [-0.2, -0.15) is 0 Å². The minimum atomic E-state index is -0.799. The number of ether oxygens (including phenoxy) is 1. The largest absolute Gasteiger partial charge is 0.496 e. The zero-order chi connectivity index (χ0) is 14.5. The van der Waals surface area contributed by atoms with Gasteiger partial charge in [-0.1, -0.05) is 42.5 Å². The van der Waals surface area contributed by atoms with E-state index in [1.165, 1.54) is 0 Å². The molecule has 0 aliphatic heterocycles. The maximum Gasteiger partial charge on any atom is 0.304 e. The van der Waals surface area contributed by atoms with Gasteiger partial charge >= 0.3 is 5.97 Å². The van der Waals surface area contributed by atoms with Crippen LogP contribution < -0.4 is 4.74 Å². The van der Waals surface area contributed by atoms with Crippen LogP contribution in [0.4, 0.5) is 0 Å².